The Balaban J connectivity index is 1.90. The van der Waals surface area contributed by atoms with Gasteiger partial charge in [-0.15, -0.1) is 0 Å². The Bertz CT molecular complexity index is 591. The summed E-state index contributed by atoms with van der Waals surface area (Å²) in [6.07, 6.45) is 1.59. The fourth-order valence-electron chi connectivity index (χ4n) is 2.74. The third kappa shape index (κ3) is 2.27. The van der Waals surface area contributed by atoms with Gasteiger partial charge in [0.15, 0.2) is 11.9 Å². The summed E-state index contributed by atoms with van der Waals surface area (Å²) in [6.45, 7) is 4.66. The van der Waals surface area contributed by atoms with Gasteiger partial charge in [-0.25, -0.2) is 9.97 Å². The second kappa shape index (κ2) is 5.21. The van der Waals surface area contributed by atoms with Gasteiger partial charge in [0.1, 0.15) is 5.75 Å². The molecule has 1 aliphatic rings. The number of ether oxygens (including phenoxy) is 1. The van der Waals surface area contributed by atoms with Gasteiger partial charge in [0, 0.05) is 17.8 Å². The number of hydrogen-bond donors (Lipinski definition) is 1. The first-order chi connectivity index (χ1) is 9.69. The maximum atomic E-state index is 5.95. The molecule has 1 unspecified atom stereocenters. The van der Waals surface area contributed by atoms with Gasteiger partial charge in [-0.3, -0.25) is 0 Å². The summed E-state index contributed by atoms with van der Waals surface area (Å²) in [5.41, 5.74) is 10.0. The van der Waals surface area contributed by atoms with E-state index in [0.29, 0.717) is 6.54 Å². The lowest BCUT2D eigenvalue weighted by atomic mass is 10.1. The molecule has 0 amide bonds. The topological polar surface area (TPSA) is 61.0 Å². The molecule has 0 bridgehead atoms. The number of aryl methyl sites for hydroxylation is 2. The van der Waals surface area contributed by atoms with E-state index >= 15 is 0 Å². The van der Waals surface area contributed by atoms with Crippen LogP contribution in [0.25, 0.3) is 0 Å². The molecule has 2 aromatic rings. The van der Waals surface area contributed by atoms with E-state index < -0.39 is 0 Å². The van der Waals surface area contributed by atoms with E-state index in [-0.39, 0.29) is 6.10 Å². The number of benzene rings is 1. The average Bonchev–Trinajstić information content (AvgIpc) is 2.86. The molecule has 0 radical (unpaired) electrons. The lowest BCUT2D eigenvalue weighted by Gasteiger charge is -2.14. The van der Waals surface area contributed by atoms with Crippen molar-refractivity contribution in [3.8, 4) is 5.75 Å². The zero-order valence-electron chi connectivity index (χ0n) is 11.9. The van der Waals surface area contributed by atoms with E-state index in [2.05, 4.69) is 16.0 Å². The molecule has 0 aliphatic carbocycles. The summed E-state index contributed by atoms with van der Waals surface area (Å²) >= 11 is 0. The Morgan fingerprint density at radius 2 is 1.90 bits per heavy atom. The molecule has 1 atom stereocenters. The highest BCUT2D eigenvalue weighted by molar-refractivity contribution is 5.38. The van der Waals surface area contributed by atoms with E-state index in [1.807, 2.05) is 32.0 Å². The van der Waals surface area contributed by atoms with Crippen LogP contribution in [-0.4, -0.2) is 16.5 Å². The zero-order valence-corrected chi connectivity index (χ0v) is 11.9. The molecule has 3 rings (SSSR count). The zero-order chi connectivity index (χ0) is 14.1. The number of nitrogens with two attached hydrogens (primary N) is 1. The van der Waals surface area contributed by atoms with Gasteiger partial charge in [-0.05, 0) is 44.0 Å². The van der Waals surface area contributed by atoms with Crippen LogP contribution < -0.4 is 10.5 Å². The molecular formula is C16H19N3O. The molecule has 104 valence electrons. The molecule has 2 heterocycles. The van der Waals surface area contributed by atoms with E-state index in [0.717, 1.165) is 41.4 Å². The molecule has 2 N–H and O–H groups in total. The van der Waals surface area contributed by atoms with Crippen LogP contribution in [0.5, 0.6) is 5.75 Å². The summed E-state index contributed by atoms with van der Waals surface area (Å²) in [7, 11) is 0. The molecule has 1 aromatic carbocycles. The molecule has 0 fully saturated rings. The van der Waals surface area contributed by atoms with Crippen molar-refractivity contribution in [1.82, 2.24) is 9.97 Å². The maximum Gasteiger partial charge on any atom is 0.170 e. The molecule has 20 heavy (non-hydrogen) atoms. The Morgan fingerprint density at radius 3 is 2.55 bits per heavy atom. The molecule has 0 saturated carbocycles. The van der Waals surface area contributed by atoms with Gasteiger partial charge in [0.05, 0.1) is 0 Å². The Labute approximate surface area is 119 Å². The molecule has 1 aromatic heterocycles. The summed E-state index contributed by atoms with van der Waals surface area (Å²) in [5.74, 6) is 1.72. The number of hydrogen-bond acceptors (Lipinski definition) is 4. The lowest BCUT2D eigenvalue weighted by molar-refractivity contribution is 0.227. The highest BCUT2D eigenvalue weighted by atomic mass is 16.5. The highest BCUT2D eigenvalue weighted by Gasteiger charge is 2.27. The standard InChI is InChI=1S/C16H19N3O/c1-10-13(7-8-17)11(2)19-16(18-10)15-9-12-5-3-4-6-14(12)20-15/h3-6,15H,7-9,17H2,1-2H3. The largest absolute Gasteiger partial charge is 0.482 e. The van der Waals surface area contributed by atoms with Crippen LogP contribution in [0.4, 0.5) is 0 Å². The maximum absolute atomic E-state index is 5.95. The number of nitrogens with zero attached hydrogens (tertiary/aromatic N) is 2. The van der Waals surface area contributed by atoms with Crippen molar-refractivity contribution in [3.63, 3.8) is 0 Å². The Hall–Kier alpha value is -1.94. The summed E-state index contributed by atoms with van der Waals surface area (Å²) < 4.78 is 5.95. The second-order valence-corrected chi connectivity index (χ2v) is 5.19. The van der Waals surface area contributed by atoms with Gasteiger partial charge in [0.2, 0.25) is 0 Å². The van der Waals surface area contributed by atoms with Gasteiger partial charge < -0.3 is 10.5 Å². The van der Waals surface area contributed by atoms with E-state index in [4.69, 9.17) is 10.5 Å². The van der Waals surface area contributed by atoms with Crippen LogP contribution in [0.2, 0.25) is 0 Å². The third-order valence-electron chi connectivity index (χ3n) is 3.77. The summed E-state index contributed by atoms with van der Waals surface area (Å²) in [4.78, 5) is 9.25. The van der Waals surface area contributed by atoms with E-state index in [1.54, 1.807) is 0 Å². The van der Waals surface area contributed by atoms with Gasteiger partial charge >= 0.3 is 0 Å². The van der Waals surface area contributed by atoms with Crippen LogP contribution in [-0.2, 0) is 12.8 Å². The molecule has 4 nitrogen and oxygen atoms in total. The van der Waals surface area contributed by atoms with Crippen LogP contribution in [0.3, 0.4) is 0 Å². The molecular weight excluding hydrogens is 250 g/mol. The van der Waals surface area contributed by atoms with Crippen molar-refractivity contribution in [2.45, 2.75) is 32.8 Å². The minimum absolute atomic E-state index is 0.0725. The first-order valence-corrected chi connectivity index (χ1v) is 6.97. The van der Waals surface area contributed by atoms with Gasteiger partial charge in [0.25, 0.3) is 0 Å². The fourth-order valence-corrected chi connectivity index (χ4v) is 2.74. The SMILES string of the molecule is Cc1nc(C2Cc3ccccc3O2)nc(C)c1CCN. The van der Waals surface area contributed by atoms with Crippen LogP contribution in [0.1, 0.15) is 34.4 Å². The molecule has 0 spiro atoms. The molecule has 4 heteroatoms. The van der Waals surface area contributed by atoms with Crippen molar-refractivity contribution in [2.24, 2.45) is 5.73 Å². The van der Waals surface area contributed by atoms with Crippen LogP contribution >= 0.6 is 0 Å². The second-order valence-electron chi connectivity index (χ2n) is 5.19. The Kier molecular flexibility index (Phi) is 3.40. The smallest absolute Gasteiger partial charge is 0.170 e. The first-order valence-electron chi connectivity index (χ1n) is 6.97. The van der Waals surface area contributed by atoms with Crippen LogP contribution in [0, 0.1) is 13.8 Å². The van der Waals surface area contributed by atoms with Crippen molar-refractivity contribution < 1.29 is 4.74 Å². The fraction of sp³-hybridized carbons (Fsp3) is 0.375. The third-order valence-corrected chi connectivity index (χ3v) is 3.77. The normalized spacial score (nSPS) is 16.9. The number of aromatic nitrogens is 2. The van der Waals surface area contributed by atoms with Crippen molar-refractivity contribution >= 4 is 0 Å². The average molecular weight is 269 g/mol. The lowest BCUT2D eigenvalue weighted by Crippen LogP contribution is -2.14. The molecule has 0 saturated heterocycles. The van der Waals surface area contributed by atoms with Gasteiger partial charge in [-0.1, -0.05) is 18.2 Å². The predicted molar refractivity (Wildman–Crippen MR) is 77.8 cm³/mol. The Morgan fingerprint density at radius 1 is 1.20 bits per heavy atom. The highest BCUT2D eigenvalue weighted by Crippen LogP contribution is 2.35. The van der Waals surface area contributed by atoms with Crippen molar-refractivity contribution in [3.05, 3.63) is 52.6 Å². The number of para-hydroxylation sites is 1. The quantitative estimate of drug-likeness (QED) is 0.928. The minimum Gasteiger partial charge on any atom is -0.482 e. The summed E-state index contributed by atoms with van der Waals surface area (Å²) in [6, 6.07) is 8.12. The first kappa shape index (κ1) is 13.1. The minimum atomic E-state index is -0.0725. The molecule has 1 aliphatic heterocycles. The van der Waals surface area contributed by atoms with E-state index in [1.165, 1.54) is 5.56 Å². The predicted octanol–water partition coefficient (Wildman–Crippen LogP) is 2.27. The summed E-state index contributed by atoms with van der Waals surface area (Å²) in [5, 5.41) is 0. The number of rotatable bonds is 3. The van der Waals surface area contributed by atoms with Crippen molar-refractivity contribution in [1.29, 1.82) is 0 Å². The van der Waals surface area contributed by atoms with E-state index in [9.17, 15) is 0 Å². The van der Waals surface area contributed by atoms with Crippen molar-refractivity contribution in [2.75, 3.05) is 6.54 Å². The van der Waals surface area contributed by atoms with Gasteiger partial charge in [-0.2, -0.15) is 0 Å². The van der Waals surface area contributed by atoms with Crippen LogP contribution in [0.15, 0.2) is 24.3 Å². The monoisotopic (exact) mass is 269 g/mol. The number of fused-ring (bicyclic) bond motifs is 1.